The molecule has 11 heteroatoms. The van der Waals surface area contributed by atoms with Gasteiger partial charge in [-0.05, 0) is 50.9 Å². The average molecular weight is 432 g/mol. The lowest BCUT2D eigenvalue weighted by Gasteiger charge is -2.60. The molecule has 4 nitrogen and oxygen atoms in total. The van der Waals surface area contributed by atoms with Crippen LogP contribution < -0.4 is 0 Å². The number of carbonyl (C=O) groups is 2. The Morgan fingerprint density at radius 3 is 1.76 bits per heavy atom. The van der Waals surface area contributed by atoms with Crippen LogP contribution >= 0.6 is 0 Å². The molecule has 2 atom stereocenters. The van der Waals surface area contributed by atoms with Crippen molar-refractivity contribution in [1.82, 2.24) is 0 Å². The molecule has 0 radical (unpaired) electrons. The predicted octanol–water partition coefficient (Wildman–Crippen LogP) is 4.57. The van der Waals surface area contributed by atoms with Gasteiger partial charge in [-0.1, -0.05) is 6.58 Å². The van der Waals surface area contributed by atoms with Crippen molar-refractivity contribution in [3.8, 4) is 0 Å². The van der Waals surface area contributed by atoms with E-state index >= 15 is 0 Å². The van der Waals surface area contributed by atoms with E-state index in [1.54, 1.807) is 0 Å². The maximum absolute atomic E-state index is 13.7. The van der Waals surface area contributed by atoms with Crippen LogP contribution in [-0.2, 0) is 19.1 Å². The number of alkyl halides is 7. The first-order chi connectivity index (χ1) is 13.0. The smallest absolute Gasteiger partial charge is 0.456 e. The molecular formula is C18H19F7O4. The van der Waals surface area contributed by atoms with Crippen LogP contribution in [0.3, 0.4) is 0 Å². The summed E-state index contributed by atoms with van der Waals surface area (Å²) in [4.78, 5) is 23.8. The van der Waals surface area contributed by atoms with Crippen molar-refractivity contribution < 1.29 is 49.8 Å². The van der Waals surface area contributed by atoms with Crippen LogP contribution in [0.4, 0.5) is 30.7 Å². The SMILES string of the molecule is C=C(C)C(=O)OC12CC3CC(C1)CC(OC(=O)C(F)(F)C(F)(F)C(F)(F)F)(C3)C2. The normalized spacial score (nSPS) is 34.1. The Hall–Kier alpha value is -1.81. The van der Waals surface area contributed by atoms with Crippen LogP contribution in [0.2, 0.25) is 0 Å². The fourth-order valence-electron chi connectivity index (χ4n) is 5.19. The fourth-order valence-corrected chi connectivity index (χ4v) is 5.19. The third kappa shape index (κ3) is 3.50. The number of rotatable bonds is 5. The predicted molar refractivity (Wildman–Crippen MR) is 83.1 cm³/mol. The highest BCUT2D eigenvalue weighted by molar-refractivity contribution is 5.87. The molecule has 4 bridgehead atoms. The highest BCUT2D eigenvalue weighted by atomic mass is 19.4. The second-order valence-electron chi connectivity index (χ2n) is 8.53. The molecule has 0 aliphatic heterocycles. The van der Waals surface area contributed by atoms with E-state index in [2.05, 4.69) is 11.3 Å². The minimum Gasteiger partial charge on any atom is -0.456 e. The number of halogens is 7. The maximum atomic E-state index is 13.7. The Morgan fingerprint density at radius 1 is 0.897 bits per heavy atom. The monoisotopic (exact) mass is 432 g/mol. The van der Waals surface area contributed by atoms with Crippen molar-refractivity contribution in [3.63, 3.8) is 0 Å². The molecule has 0 saturated heterocycles. The maximum Gasteiger partial charge on any atom is 0.460 e. The molecule has 0 aromatic carbocycles. The first kappa shape index (κ1) is 21.9. The van der Waals surface area contributed by atoms with E-state index in [-0.39, 0.29) is 36.7 Å². The van der Waals surface area contributed by atoms with E-state index in [1.807, 2.05) is 0 Å². The van der Waals surface area contributed by atoms with Gasteiger partial charge >= 0.3 is 30.0 Å². The van der Waals surface area contributed by atoms with E-state index in [0.717, 1.165) is 0 Å². The van der Waals surface area contributed by atoms with Crippen LogP contribution in [0.15, 0.2) is 12.2 Å². The molecule has 0 aromatic rings. The summed E-state index contributed by atoms with van der Waals surface area (Å²) < 4.78 is 101. The minimum atomic E-state index is -6.63. The lowest BCUT2D eigenvalue weighted by molar-refractivity contribution is -0.352. The van der Waals surface area contributed by atoms with Crippen LogP contribution in [0, 0.1) is 11.8 Å². The zero-order valence-corrected chi connectivity index (χ0v) is 15.4. The lowest BCUT2D eigenvalue weighted by Crippen LogP contribution is -2.64. The van der Waals surface area contributed by atoms with Gasteiger partial charge in [-0.15, -0.1) is 0 Å². The Labute approximate surface area is 161 Å². The van der Waals surface area contributed by atoms with Crippen LogP contribution in [0.1, 0.15) is 45.4 Å². The standard InChI is InChI=1S/C18H19F7O4/c1-9(2)12(26)28-14-4-10-3-11(5-14)7-15(6-10,8-14)29-13(27)16(19,20)17(21,22)18(23,24)25/h10-11H,1,3-8H2,2H3. The van der Waals surface area contributed by atoms with Gasteiger partial charge in [0.15, 0.2) is 0 Å². The molecule has 0 N–H and O–H groups in total. The largest absolute Gasteiger partial charge is 0.460 e. The van der Waals surface area contributed by atoms with Gasteiger partial charge < -0.3 is 9.47 Å². The van der Waals surface area contributed by atoms with Crippen molar-refractivity contribution in [3.05, 3.63) is 12.2 Å². The quantitative estimate of drug-likeness (QED) is 0.363. The Balaban J connectivity index is 1.85. The van der Waals surface area contributed by atoms with Crippen molar-refractivity contribution >= 4 is 11.9 Å². The second-order valence-corrected chi connectivity index (χ2v) is 8.53. The number of hydrogen-bond acceptors (Lipinski definition) is 4. The number of carbonyl (C=O) groups excluding carboxylic acids is 2. The summed E-state index contributed by atoms with van der Waals surface area (Å²) in [6, 6.07) is 0. The summed E-state index contributed by atoms with van der Waals surface area (Å²) >= 11 is 0. The highest BCUT2D eigenvalue weighted by Crippen LogP contribution is 2.61. The summed E-state index contributed by atoms with van der Waals surface area (Å²) in [7, 11) is 0. The summed E-state index contributed by atoms with van der Waals surface area (Å²) in [5.41, 5.74) is -2.74. The van der Waals surface area contributed by atoms with E-state index in [9.17, 15) is 40.3 Å². The Bertz CT molecular complexity index is 729. The van der Waals surface area contributed by atoms with E-state index in [4.69, 9.17) is 4.74 Å². The molecule has 0 aromatic heterocycles. The van der Waals surface area contributed by atoms with Crippen molar-refractivity contribution in [2.24, 2.45) is 11.8 Å². The van der Waals surface area contributed by atoms with Gasteiger partial charge in [0.05, 0.1) is 0 Å². The number of hydrogen-bond donors (Lipinski definition) is 0. The molecule has 4 aliphatic rings. The van der Waals surface area contributed by atoms with E-state index in [1.165, 1.54) is 6.92 Å². The molecule has 2 unspecified atom stereocenters. The van der Waals surface area contributed by atoms with E-state index in [0.29, 0.717) is 19.3 Å². The molecule has 4 rings (SSSR count). The third-order valence-corrected chi connectivity index (χ3v) is 5.93. The molecule has 4 fully saturated rings. The topological polar surface area (TPSA) is 52.6 Å². The molecule has 4 aliphatic carbocycles. The summed E-state index contributed by atoms with van der Waals surface area (Å²) in [5.74, 6) is -16.7. The van der Waals surface area contributed by atoms with Gasteiger partial charge in [-0.3, -0.25) is 0 Å². The second kappa shape index (κ2) is 6.34. The first-order valence-corrected chi connectivity index (χ1v) is 8.97. The number of ether oxygens (including phenoxy) is 2. The van der Waals surface area contributed by atoms with Crippen LogP contribution in [0.25, 0.3) is 0 Å². The Kier molecular flexibility index (Phi) is 4.79. The lowest BCUT2D eigenvalue weighted by atomic mass is 9.52. The molecule has 164 valence electrons. The van der Waals surface area contributed by atoms with Crippen molar-refractivity contribution in [2.45, 2.75) is 74.7 Å². The van der Waals surface area contributed by atoms with Gasteiger partial charge in [0.2, 0.25) is 0 Å². The molecule has 29 heavy (non-hydrogen) atoms. The fraction of sp³-hybridized carbons (Fsp3) is 0.778. The van der Waals surface area contributed by atoms with Crippen molar-refractivity contribution in [1.29, 1.82) is 0 Å². The molecule has 0 spiro atoms. The molecule has 0 heterocycles. The van der Waals surface area contributed by atoms with Crippen LogP contribution in [0.5, 0.6) is 0 Å². The molecule has 0 amide bonds. The summed E-state index contributed by atoms with van der Waals surface area (Å²) in [5, 5.41) is 0. The van der Waals surface area contributed by atoms with Crippen LogP contribution in [-0.4, -0.2) is 41.2 Å². The number of esters is 2. The summed E-state index contributed by atoms with van der Waals surface area (Å²) in [6.07, 6.45) is -5.40. The van der Waals surface area contributed by atoms with Gasteiger partial charge in [0, 0.05) is 12.0 Å². The van der Waals surface area contributed by atoms with E-state index < -0.39 is 41.2 Å². The summed E-state index contributed by atoms with van der Waals surface area (Å²) in [6.45, 7) is 4.85. The zero-order chi connectivity index (χ0) is 22.0. The zero-order valence-electron chi connectivity index (χ0n) is 15.4. The van der Waals surface area contributed by atoms with Gasteiger partial charge in [-0.2, -0.15) is 30.7 Å². The average Bonchev–Trinajstić information content (AvgIpc) is 2.50. The molecule has 4 saturated carbocycles. The first-order valence-electron chi connectivity index (χ1n) is 8.97. The minimum absolute atomic E-state index is 0.0370. The highest BCUT2D eigenvalue weighted by Gasteiger charge is 2.78. The molecular weight excluding hydrogens is 413 g/mol. The Morgan fingerprint density at radius 2 is 1.34 bits per heavy atom. The van der Waals surface area contributed by atoms with Gasteiger partial charge in [0.25, 0.3) is 0 Å². The van der Waals surface area contributed by atoms with Gasteiger partial charge in [0.1, 0.15) is 11.2 Å². The van der Waals surface area contributed by atoms with Crippen molar-refractivity contribution in [2.75, 3.05) is 0 Å². The van der Waals surface area contributed by atoms with Gasteiger partial charge in [-0.25, -0.2) is 9.59 Å². The third-order valence-electron chi connectivity index (χ3n) is 5.93.